The summed E-state index contributed by atoms with van der Waals surface area (Å²) in [4.78, 5) is 13.8. The zero-order valence-corrected chi connectivity index (χ0v) is 12.4. The Balaban J connectivity index is 2.44. The summed E-state index contributed by atoms with van der Waals surface area (Å²) >= 11 is 5.86. The number of nitrogens with two attached hydrogens (primary N) is 1. The van der Waals surface area contributed by atoms with Crippen LogP contribution in [0.25, 0.3) is 0 Å². The van der Waals surface area contributed by atoms with Gasteiger partial charge in [-0.15, -0.1) is 0 Å². The number of rotatable bonds is 6. The molecule has 1 unspecified atom stereocenters. The summed E-state index contributed by atoms with van der Waals surface area (Å²) in [6.07, 6.45) is 0.334. The first-order chi connectivity index (χ1) is 9.42. The van der Waals surface area contributed by atoms with Crippen molar-refractivity contribution in [2.45, 2.75) is 13.3 Å². The van der Waals surface area contributed by atoms with E-state index in [9.17, 15) is 4.79 Å². The molecule has 0 saturated carbocycles. The molecular formula is C14H19ClN4O. The second-order valence-corrected chi connectivity index (χ2v) is 5.26. The molecule has 1 atom stereocenters. The van der Waals surface area contributed by atoms with Crippen LogP contribution in [-0.2, 0) is 4.79 Å². The van der Waals surface area contributed by atoms with E-state index in [2.05, 4.69) is 11.4 Å². The van der Waals surface area contributed by atoms with Crippen LogP contribution in [0.3, 0.4) is 0 Å². The lowest BCUT2D eigenvalue weighted by Gasteiger charge is -2.17. The minimum absolute atomic E-state index is 0.0494. The average molecular weight is 295 g/mol. The predicted octanol–water partition coefficient (Wildman–Crippen LogP) is 2.34. The van der Waals surface area contributed by atoms with E-state index in [4.69, 9.17) is 22.6 Å². The van der Waals surface area contributed by atoms with Crippen molar-refractivity contribution in [3.63, 3.8) is 0 Å². The van der Waals surface area contributed by atoms with Gasteiger partial charge in [0.1, 0.15) is 0 Å². The van der Waals surface area contributed by atoms with E-state index < -0.39 is 0 Å². The molecular weight excluding hydrogens is 276 g/mol. The summed E-state index contributed by atoms with van der Waals surface area (Å²) in [5.74, 6) is -0.179. The largest absolute Gasteiger partial charge is 0.397 e. The normalized spacial score (nSPS) is 11.9. The molecule has 3 N–H and O–H groups in total. The van der Waals surface area contributed by atoms with Gasteiger partial charge >= 0.3 is 0 Å². The van der Waals surface area contributed by atoms with Gasteiger partial charge in [-0.2, -0.15) is 5.26 Å². The zero-order chi connectivity index (χ0) is 15.1. The number of halogens is 1. The fourth-order valence-corrected chi connectivity index (χ4v) is 1.91. The molecule has 1 aromatic carbocycles. The van der Waals surface area contributed by atoms with Crippen LogP contribution >= 0.6 is 11.6 Å². The molecule has 1 aromatic rings. The van der Waals surface area contributed by atoms with Crippen LogP contribution in [0.2, 0.25) is 5.02 Å². The van der Waals surface area contributed by atoms with Crippen molar-refractivity contribution in [2.24, 2.45) is 5.92 Å². The van der Waals surface area contributed by atoms with Crippen LogP contribution < -0.4 is 11.1 Å². The number of amides is 1. The Bertz CT molecular complexity index is 512. The number of nitrogens with one attached hydrogen (secondary N) is 1. The van der Waals surface area contributed by atoms with Crippen molar-refractivity contribution in [2.75, 3.05) is 31.2 Å². The Morgan fingerprint density at radius 2 is 2.30 bits per heavy atom. The third-order valence-electron chi connectivity index (χ3n) is 2.82. The van der Waals surface area contributed by atoms with Gasteiger partial charge in [-0.1, -0.05) is 11.6 Å². The first kappa shape index (κ1) is 16.3. The van der Waals surface area contributed by atoms with Crippen LogP contribution in [0.5, 0.6) is 0 Å². The first-order valence-corrected chi connectivity index (χ1v) is 6.73. The minimum atomic E-state index is -0.129. The summed E-state index contributed by atoms with van der Waals surface area (Å²) in [5, 5.41) is 12.0. The second kappa shape index (κ2) is 7.73. The van der Waals surface area contributed by atoms with Crippen molar-refractivity contribution < 1.29 is 4.79 Å². The van der Waals surface area contributed by atoms with Gasteiger partial charge in [0.15, 0.2) is 0 Å². The number of anilines is 2. The summed E-state index contributed by atoms with van der Waals surface area (Å²) in [6.45, 7) is 3.07. The minimum Gasteiger partial charge on any atom is -0.397 e. The number of carbonyl (C=O) groups is 1. The van der Waals surface area contributed by atoms with Crippen molar-refractivity contribution in [3.05, 3.63) is 23.2 Å². The van der Waals surface area contributed by atoms with Gasteiger partial charge in [0.25, 0.3) is 0 Å². The van der Waals surface area contributed by atoms with Crippen LogP contribution in [0.1, 0.15) is 13.3 Å². The van der Waals surface area contributed by atoms with Gasteiger partial charge in [-0.3, -0.25) is 4.79 Å². The van der Waals surface area contributed by atoms with Crippen molar-refractivity contribution in [3.8, 4) is 6.07 Å². The molecule has 0 aliphatic rings. The van der Waals surface area contributed by atoms with Gasteiger partial charge in [-0.05, 0) is 32.2 Å². The summed E-state index contributed by atoms with van der Waals surface area (Å²) in [5.41, 5.74) is 6.76. The molecule has 0 fully saturated rings. The summed E-state index contributed by atoms with van der Waals surface area (Å²) < 4.78 is 0. The predicted molar refractivity (Wildman–Crippen MR) is 81.4 cm³/mol. The number of hydrogen-bond acceptors (Lipinski definition) is 4. The van der Waals surface area contributed by atoms with E-state index in [0.29, 0.717) is 35.9 Å². The molecule has 0 radical (unpaired) electrons. The monoisotopic (exact) mass is 294 g/mol. The smallest absolute Gasteiger partial charge is 0.225 e. The maximum absolute atomic E-state index is 11.8. The number of hydrogen-bond donors (Lipinski definition) is 2. The molecule has 6 heteroatoms. The standard InChI is InChI=1S/C14H19ClN4O/c1-10(8-16)9-19(2)6-5-14(20)18-13-7-11(15)3-4-12(13)17/h3-4,7,10H,5-6,9,17H2,1-2H3,(H,18,20). The van der Waals surface area contributed by atoms with Gasteiger partial charge < -0.3 is 16.0 Å². The molecule has 0 aromatic heterocycles. The fraction of sp³-hybridized carbons (Fsp3) is 0.429. The number of nitriles is 1. The second-order valence-electron chi connectivity index (χ2n) is 4.82. The Hall–Kier alpha value is -1.77. The molecule has 5 nitrogen and oxygen atoms in total. The van der Waals surface area contributed by atoms with Crippen LogP contribution in [0.15, 0.2) is 18.2 Å². The number of carbonyl (C=O) groups excluding carboxylic acids is 1. The third-order valence-corrected chi connectivity index (χ3v) is 3.05. The van der Waals surface area contributed by atoms with Crippen molar-refractivity contribution in [1.29, 1.82) is 5.26 Å². The first-order valence-electron chi connectivity index (χ1n) is 6.35. The van der Waals surface area contributed by atoms with Gasteiger partial charge in [0.2, 0.25) is 5.91 Å². The molecule has 0 bridgehead atoms. The Morgan fingerprint density at radius 3 is 2.95 bits per heavy atom. The Kier molecular flexibility index (Phi) is 6.29. The van der Waals surface area contributed by atoms with Crippen LogP contribution in [-0.4, -0.2) is 30.9 Å². The van der Waals surface area contributed by atoms with E-state index in [1.807, 2.05) is 18.9 Å². The van der Waals surface area contributed by atoms with Crippen molar-refractivity contribution >= 4 is 28.9 Å². The lowest BCUT2D eigenvalue weighted by atomic mass is 10.2. The quantitative estimate of drug-likeness (QED) is 0.789. The molecule has 108 valence electrons. The molecule has 20 heavy (non-hydrogen) atoms. The number of nitrogens with zero attached hydrogens (tertiary/aromatic N) is 2. The van der Waals surface area contributed by atoms with E-state index in [1.165, 1.54) is 0 Å². The molecule has 1 rings (SSSR count). The lowest BCUT2D eigenvalue weighted by Crippen LogP contribution is -2.28. The maximum Gasteiger partial charge on any atom is 0.225 e. The topological polar surface area (TPSA) is 82.2 Å². The van der Waals surface area contributed by atoms with E-state index in [0.717, 1.165) is 0 Å². The molecule has 0 spiro atoms. The number of benzene rings is 1. The van der Waals surface area contributed by atoms with E-state index >= 15 is 0 Å². The van der Waals surface area contributed by atoms with Crippen LogP contribution in [0, 0.1) is 17.2 Å². The van der Waals surface area contributed by atoms with E-state index in [1.54, 1.807) is 18.2 Å². The summed E-state index contributed by atoms with van der Waals surface area (Å²) in [6, 6.07) is 7.11. The Morgan fingerprint density at radius 1 is 1.60 bits per heavy atom. The molecule has 0 saturated heterocycles. The molecule has 0 aliphatic carbocycles. The zero-order valence-electron chi connectivity index (χ0n) is 11.7. The molecule has 0 heterocycles. The maximum atomic E-state index is 11.8. The van der Waals surface area contributed by atoms with Gasteiger partial charge in [0, 0.05) is 24.5 Å². The highest BCUT2D eigenvalue weighted by Crippen LogP contribution is 2.22. The van der Waals surface area contributed by atoms with E-state index in [-0.39, 0.29) is 11.8 Å². The SMILES string of the molecule is CC(C#N)CN(C)CCC(=O)Nc1cc(Cl)ccc1N. The number of nitrogen functional groups attached to an aromatic ring is 1. The third kappa shape index (κ3) is 5.47. The van der Waals surface area contributed by atoms with Gasteiger partial charge in [-0.25, -0.2) is 0 Å². The molecule has 0 aliphatic heterocycles. The van der Waals surface area contributed by atoms with Crippen LogP contribution in [0.4, 0.5) is 11.4 Å². The average Bonchev–Trinajstić information content (AvgIpc) is 2.40. The van der Waals surface area contributed by atoms with Crippen molar-refractivity contribution in [1.82, 2.24) is 4.90 Å². The van der Waals surface area contributed by atoms with Gasteiger partial charge in [0.05, 0.1) is 23.4 Å². The highest BCUT2D eigenvalue weighted by atomic mass is 35.5. The fourth-order valence-electron chi connectivity index (χ4n) is 1.74. The highest BCUT2D eigenvalue weighted by molar-refractivity contribution is 6.31. The Labute approximate surface area is 124 Å². The summed E-state index contributed by atoms with van der Waals surface area (Å²) in [7, 11) is 1.88. The molecule has 1 amide bonds. The lowest BCUT2D eigenvalue weighted by molar-refractivity contribution is -0.116. The highest BCUT2D eigenvalue weighted by Gasteiger charge is 2.09.